The van der Waals surface area contributed by atoms with Crippen LogP contribution in [-0.4, -0.2) is 21.1 Å². The minimum Gasteiger partial charge on any atom is -2.00 e. The molecule has 0 bridgehead atoms. The maximum Gasteiger partial charge on any atom is -2.00 e. The number of hydrogen-bond acceptors (Lipinski definition) is 0. The molecule has 0 N–H and O–H groups in total. The van der Waals surface area contributed by atoms with Crippen LogP contribution in [0.4, 0.5) is 0 Å². The summed E-state index contributed by atoms with van der Waals surface area (Å²) in [5.74, 6) is 0. The van der Waals surface area contributed by atoms with Crippen LogP contribution in [0.15, 0.2) is 0 Å². The van der Waals surface area contributed by atoms with Gasteiger partial charge in [0.15, 0.2) is 0 Å². The van der Waals surface area contributed by atoms with E-state index in [1.54, 1.807) is 15.3 Å². The van der Waals surface area contributed by atoms with Crippen LogP contribution in [0.25, 0.3) is 0 Å². The zero-order valence-corrected chi connectivity index (χ0v) is 12.2. The molecule has 0 spiro atoms. The summed E-state index contributed by atoms with van der Waals surface area (Å²) in [5.41, 5.74) is 0. The summed E-state index contributed by atoms with van der Waals surface area (Å²) in [5, 5.41) is 0. The summed E-state index contributed by atoms with van der Waals surface area (Å²) in [6.07, 6.45) is 8.83. The molecule has 0 radical (unpaired) electrons. The molecule has 0 amide bonds. The third kappa shape index (κ3) is 13.7. The molecule has 0 aliphatic carbocycles. The topological polar surface area (TPSA) is 0 Å². The van der Waals surface area contributed by atoms with E-state index in [-0.39, 0.29) is 34.6 Å². The number of hydrogen-bond donors (Lipinski definition) is 0. The van der Waals surface area contributed by atoms with Crippen LogP contribution in [-0.2, 0) is 13.5 Å². The molecule has 0 atom stereocenters. The fourth-order valence-corrected chi connectivity index (χ4v) is 4.97. The van der Waals surface area contributed by atoms with Gasteiger partial charge in [-0.25, -0.2) is 0 Å². The van der Waals surface area contributed by atoms with Crippen molar-refractivity contribution in [3.8, 4) is 0 Å². The Hall–Kier alpha value is 1.15. The van der Waals surface area contributed by atoms with Gasteiger partial charge in [0.05, 0.1) is 0 Å². The molecule has 0 aliphatic heterocycles. The summed E-state index contributed by atoms with van der Waals surface area (Å²) in [6.45, 7) is 4.59. The molecule has 0 unspecified atom stereocenters. The predicted molar refractivity (Wildman–Crippen MR) is 61.8 cm³/mol. The van der Waals surface area contributed by atoms with Crippen molar-refractivity contribution in [2.75, 3.05) is 0 Å². The number of unbranched alkanes of at least 4 members (excludes halogenated alkanes) is 4. The van der Waals surface area contributed by atoms with Crippen molar-refractivity contribution >= 4 is 34.6 Å². The van der Waals surface area contributed by atoms with Crippen LogP contribution in [0.1, 0.15) is 52.4 Å². The third-order valence-corrected chi connectivity index (χ3v) is 5.95. The van der Waals surface area contributed by atoms with E-state index in [0.29, 0.717) is 0 Å². The largest absolute Gasteiger partial charge is 2.00 e. The van der Waals surface area contributed by atoms with Crippen molar-refractivity contribution in [1.82, 2.24) is 0 Å². The number of rotatable bonds is 8. The fourth-order valence-electron chi connectivity index (χ4n) is 1.10. The van der Waals surface area contributed by atoms with Crippen LogP contribution >= 0.6 is 0 Å². The molecule has 72 valence electrons. The molecule has 12 heavy (non-hydrogen) atoms. The maximum absolute atomic E-state index is 2.30. The van der Waals surface area contributed by atoms with E-state index in [0.717, 1.165) is 0 Å². The van der Waals surface area contributed by atoms with Gasteiger partial charge < -0.3 is 13.5 Å². The van der Waals surface area contributed by atoms with Crippen LogP contribution in [0.2, 0.25) is 8.87 Å². The first-order valence-corrected chi connectivity index (χ1v) is 9.16. The molecule has 0 heterocycles. The van der Waals surface area contributed by atoms with Gasteiger partial charge in [-0.2, -0.15) is 0 Å². The molecule has 0 fully saturated rings. The van der Waals surface area contributed by atoms with Crippen molar-refractivity contribution in [2.45, 2.75) is 61.2 Å². The summed E-state index contributed by atoms with van der Waals surface area (Å²) in [7, 11) is 0. The smallest absolute Gasteiger partial charge is 2.00 e. The first-order valence-electron chi connectivity index (χ1n) is 5.12. The first-order chi connectivity index (χ1) is 5.41. The van der Waals surface area contributed by atoms with E-state index in [2.05, 4.69) is 13.8 Å². The molecular weight excluding hydrogens is 271 g/mol. The molecule has 0 aromatic heterocycles. The molecule has 0 rings (SSSR count). The van der Waals surface area contributed by atoms with E-state index in [1.807, 2.05) is 0 Å². The van der Waals surface area contributed by atoms with Crippen molar-refractivity contribution in [1.29, 1.82) is 0 Å². The van der Waals surface area contributed by atoms with Crippen LogP contribution < -0.4 is 0 Å². The second-order valence-corrected chi connectivity index (χ2v) is 7.45. The Bertz CT molecular complexity index is 58.9. The van der Waals surface area contributed by atoms with Crippen molar-refractivity contribution < 1.29 is 0 Å². The summed E-state index contributed by atoms with van der Waals surface area (Å²) in [6, 6.07) is 0. The van der Waals surface area contributed by atoms with Gasteiger partial charge in [0.1, 0.15) is 0 Å². The normalized spacial score (nSPS) is 8.83. The molecule has 2 heteroatoms. The molecule has 0 aliphatic rings. The summed E-state index contributed by atoms with van der Waals surface area (Å²) >= 11 is 0.127. The Labute approximate surface area is 95.6 Å². The van der Waals surface area contributed by atoms with Crippen molar-refractivity contribution in [3.63, 3.8) is 0 Å². The Morgan fingerprint density at radius 3 is 1.92 bits per heavy atom. The minimum absolute atomic E-state index is 0. The van der Waals surface area contributed by atoms with Crippen LogP contribution in [0, 0.1) is 0 Å². The van der Waals surface area contributed by atoms with Gasteiger partial charge in [-0.05, 0) is 0 Å². The van der Waals surface area contributed by atoms with E-state index < -0.39 is 0 Å². The van der Waals surface area contributed by atoms with Crippen molar-refractivity contribution in [2.24, 2.45) is 0 Å². The fraction of sp³-hybridized carbons (Fsp3) is 1.00. The molecular formula is C10H22SSn. The zero-order chi connectivity index (χ0) is 8.36. The van der Waals surface area contributed by atoms with Gasteiger partial charge in [0.2, 0.25) is 0 Å². The first kappa shape index (κ1) is 15.6. The summed E-state index contributed by atoms with van der Waals surface area (Å²) < 4.78 is 3.27. The predicted octanol–water partition coefficient (Wildman–Crippen LogP) is 3.91. The average molecular weight is 293 g/mol. The standard InChI is InChI=1S/C6H13.C4H9.S.Sn/c1-3-5-6-4-2;1-3-4-2;;/h1,3-6H2,2H3;1,3-4H2,2H3;;/q;;-2;+2. The summed E-state index contributed by atoms with van der Waals surface area (Å²) in [4.78, 5) is 0. The minimum atomic E-state index is 0. The monoisotopic (exact) mass is 294 g/mol. The maximum atomic E-state index is 2.30. The average Bonchev–Trinajstić information content (AvgIpc) is 2.03. The van der Waals surface area contributed by atoms with Gasteiger partial charge >= 0.3 is 82.4 Å². The molecule has 0 nitrogen and oxygen atoms in total. The van der Waals surface area contributed by atoms with Gasteiger partial charge in [-0.3, -0.25) is 0 Å². The van der Waals surface area contributed by atoms with E-state index in [4.69, 9.17) is 0 Å². The third-order valence-electron chi connectivity index (χ3n) is 1.91. The van der Waals surface area contributed by atoms with Crippen molar-refractivity contribution in [3.05, 3.63) is 0 Å². The van der Waals surface area contributed by atoms with E-state index in [9.17, 15) is 0 Å². The second kappa shape index (κ2) is 14.7. The van der Waals surface area contributed by atoms with Gasteiger partial charge in [0.25, 0.3) is 0 Å². The van der Waals surface area contributed by atoms with Crippen LogP contribution in [0.5, 0.6) is 0 Å². The van der Waals surface area contributed by atoms with Gasteiger partial charge in [-0.1, -0.05) is 0 Å². The molecule has 0 saturated carbocycles. The molecule has 0 aromatic rings. The van der Waals surface area contributed by atoms with Crippen LogP contribution in [0.3, 0.4) is 0 Å². The Morgan fingerprint density at radius 1 is 0.750 bits per heavy atom. The Balaban J connectivity index is 0. The quantitative estimate of drug-likeness (QED) is 0.470. The Kier molecular flexibility index (Phi) is 19.1. The zero-order valence-electron chi connectivity index (χ0n) is 8.57. The van der Waals surface area contributed by atoms with Gasteiger partial charge in [0, 0.05) is 0 Å². The second-order valence-electron chi connectivity index (χ2n) is 3.16. The molecule has 0 aromatic carbocycles. The molecule has 0 saturated heterocycles. The van der Waals surface area contributed by atoms with Gasteiger partial charge in [-0.15, -0.1) is 0 Å². The SMILES string of the molecule is CCCCC[CH2][Sn+2][CH2]CCC.[S-2]. The Morgan fingerprint density at radius 2 is 1.33 bits per heavy atom. The van der Waals surface area contributed by atoms with E-state index >= 15 is 0 Å². The van der Waals surface area contributed by atoms with E-state index in [1.165, 1.54) is 32.1 Å².